The number of rotatable bonds is 1. The van der Waals surface area contributed by atoms with Gasteiger partial charge in [0.05, 0.1) is 12.6 Å². The van der Waals surface area contributed by atoms with Crippen LogP contribution in [0.5, 0.6) is 0 Å². The number of alkyl halides is 2. The Bertz CT molecular complexity index is 312. The van der Waals surface area contributed by atoms with Gasteiger partial charge in [0.15, 0.2) is 0 Å². The van der Waals surface area contributed by atoms with Gasteiger partial charge < -0.3 is 4.42 Å². The van der Waals surface area contributed by atoms with Gasteiger partial charge >= 0.3 is 0 Å². The number of aryl methyl sites for hydroxylation is 1. The quantitative estimate of drug-likeness (QED) is 0.717. The Hall–Kier alpha value is -1.04. The number of hydrogen-bond acceptors (Lipinski definition) is 4. The minimum atomic E-state index is -2.66. The highest BCUT2D eigenvalue weighted by Gasteiger charge is 2.41. The Kier molecular flexibility index (Phi) is 1.80. The molecule has 1 aromatic heterocycles. The van der Waals surface area contributed by atoms with Crippen molar-refractivity contribution < 1.29 is 13.2 Å². The zero-order chi connectivity index (χ0) is 9.47. The summed E-state index contributed by atoms with van der Waals surface area (Å²) in [6.07, 6.45) is -0.269. The molecule has 0 saturated carbocycles. The minimum absolute atomic E-state index is 0.245. The molecule has 2 rings (SSSR count). The molecular weight excluding hydrogens is 180 g/mol. The Morgan fingerprint density at radius 3 is 2.77 bits per heavy atom. The standard InChI is InChI=1S/C7H9F2N3O/c1-4-11-12-6(13-4)5-2-7(8,9)3-10-5/h5,10H,2-3H2,1H3/t5-/m0/s1. The molecule has 0 bridgehead atoms. The molecule has 1 atom stereocenters. The van der Waals surface area contributed by atoms with Crippen molar-refractivity contribution in [3.8, 4) is 0 Å². The highest BCUT2D eigenvalue weighted by molar-refractivity contribution is 4.97. The van der Waals surface area contributed by atoms with Crippen molar-refractivity contribution in [3.05, 3.63) is 11.8 Å². The van der Waals surface area contributed by atoms with Crippen molar-refractivity contribution >= 4 is 0 Å². The van der Waals surface area contributed by atoms with Crippen LogP contribution in [0, 0.1) is 6.92 Å². The smallest absolute Gasteiger partial charge is 0.262 e. The molecule has 0 radical (unpaired) electrons. The average molecular weight is 189 g/mol. The van der Waals surface area contributed by atoms with Gasteiger partial charge in [0, 0.05) is 13.3 Å². The molecule has 72 valence electrons. The molecule has 13 heavy (non-hydrogen) atoms. The van der Waals surface area contributed by atoms with Gasteiger partial charge in [-0.15, -0.1) is 10.2 Å². The van der Waals surface area contributed by atoms with Gasteiger partial charge in [0.25, 0.3) is 5.92 Å². The van der Waals surface area contributed by atoms with Crippen LogP contribution < -0.4 is 5.32 Å². The lowest BCUT2D eigenvalue weighted by Crippen LogP contribution is -2.19. The molecule has 1 N–H and O–H groups in total. The van der Waals surface area contributed by atoms with Crippen LogP contribution in [0.1, 0.15) is 24.2 Å². The monoisotopic (exact) mass is 189 g/mol. The fraction of sp³-hybridized carbons (Fsp3) is 0.714. The van der Waals surface area contributed by atoms with E-state index in [2.05, 4.69) is 15.5 Å². The largest absolute Gasteiger partial charge is 0.424 e. The first kappa shape index (κ1) is 8.55. The second-order valence-corrected chi connectivity index (χ2v) is 3.15. The van der Waals surface area contributed by atoms with Crippen LogP contribution in [0.4, 0.5) is 8.78 Å². The SMILES string of the molecule is Cc1nnc([C@@H]2CC(F)(F)CN2)o1. The number of nitrogens with one attached hydrogen (secondary N) is 1. The highest BCUT2D eigenvalue weighted by atomic mass is 19.3. The van der Waals surface area contributed by atoms with E-state index in [4.69, 9.17) is 4.42 Å². The van der Waals surface area contributed by atoms with Gasteiger partial charge in [-0.3, -0.25) is 5.32 Å². The molecule has 6 heteroatoms. The summed E-state index contributed by atoms with van der Waals surface area (Å²) in [5, 5.41) is 9.89. The molecule has 1 aliphatic rings. The maximum atomic E-state index is 12.7. The summed E-state index contributed by atoms with van der Waals surface area (Å²) in [4.78, 5) is 0. The van der Waals surface area contributed by atoms with Gasteiger partial charge in [-0.1, -0.05) is 0 Å². The van der Waals surface area contributed by atoms with E-state index < -0.39 is 12.0 Å². The van der Waals surface area contributed by atoms with Gasteiger partial charge in [-0.2, -0.15) is 0 Å². The number of hydrogen-bond donors (Lipinski definition) is 1. The first-order chi connectivity index (χ1) is 6.07. The van der Waals surface area contributed by atoms with Crippen LogP contribution >= 0.6 is 0 Å². The molecule has 0 aromatic carbocycles. The van der Waals surface area contributed by atoms with Crippen molar-refractivity contribution in [1.29, 1.82) is 0 Å². The minimum Gasteiger partial charge on any atom is -0.424 e. The van der Waals surface area contributed by atoms with Gasteiger partial charge in [-0.05, 0) is 0 Å². The number of nitrogens with zero attached hydrogens (tertiary/aromatic N) is 2. The number of aromatic nitrogens is 2. The summed E-state index contributed by atoms with van der Waals surface area (Å²) in [5.74, 6) is -2.02. The van der Waals surface area contributed by atoms with Crippen molar-refractivity contribution in [3.63, 3.8) is 0 Å². The molecule has 0 aliphatic carbocycles. The van der Waals surface area contributed by atoms with E-state index in [9.17, 15) is 8.78 Å². The molecule has 0 amide bonds. The topological polar surface area (TPSA) is 51.0 Å². The van der Waals surface area contributed by atoms with E-state index in [-0.39, 0.29) is 18.9 Å². The van der Waals surface area contributed by atoms with Crippen molar-refractivity contribution in [1.82, 2.24) is 15.5 Å². The van der Waals surface area contributed by atoms with Crippen LogP contribution in [0.15, 0.2) is 4.42 Å². The summed E-state index contributed by atoms with van der Waals surface area (Å²) in [6.45, 7) is 1.31. The molecule has 1 aromatic rings. The van der Waals surface area contributed by atoms with E-state index in [0.717, 1.165) is 0 Å². The molecule has 0 unspecified atom stereocenters. The Morgan fingerprint density at radius 2 is 2.31 bits per heavy atom. The lowest BCUT2D eigenvalue weighted by Gasteiger charge is -2.04. The summed E-state index contributed by atoms with van der Waals surface area (Å²) >= 11 is 0. The van der Waals surface area contributed by atoms with Crippen molar-refractivity contribution in [2.75, 3.05) is 6.54 Å². The molecule has 4 nitrogen and oxygen atoms in total. The third kappa shape index (κ3) is 1.67. The second kappa shape index (κ2) is 2.73. The normalized spacial score (nSPS) is 26.5. The summed E-state index contributed by atoms with van der Waals surface area (Å²) in [7, 11) is 0. The Balaban J connectivity index is 2.12. The summed E-state index contributed by atoms with van der Waals surface area (Å²) in [6, 6.07) is -0.504. The lowest BCUT2D eigenvalue weighted by molar-refractivity contribution is 0.0202. The molecular formula is C7H9F2N3O. The molecule has 2 heterocycles. The lowest BCUT2D eigenvalue weighted by atomic mass is 10.2. The first-order valence-electron chi connectivity index (χ1n) is 3.98. The van der Waals surface area contributed by atoms with Gasteiger partial charge in [0.2, 0.25) is 11.8 Å². The zero-order valence-corrected chi connectivity index (χ0v) is 7.05. The van der Waals surface area contributed by atoms with Gasteiger partial charge in [0.1, 0.15) is 0 Å². The molecule has 0 spiro atoms. The average Bonchev–Trinajstić information content (AvgIpc) is 2.56. The van der Waals surface area contributed by atoms with Crippen LogP contribution in [0.3, 0.4) is 0 Å². The third-order valence-corrected chi connectivity index (χ3v) is 1.95. The second-order valence-electron chi connectivity index (χ2n) is 3.15. The molecule has 1 aliphatic heterocycles. The van der Waals surface area contributed by atoms with Crippen LogP contribution in [0.2, 0.25) is 0 Å². The molecule has 1 fully saturated rings. The van der Waals surface area contributed by atoms with Crippen LogP contribution in [-0.4, -0.2) is 22.7 Å². The van der Waals surface area contributed by atoms with E-state index in [0.29, 0.717) is 5.89 Å². The fourth-order valence-corrected chi connectivity index (χ4v) is 1.34. The van der Waals surface area contributed by atoms with Gasteiger partial charge in [-0.25, -0.2) is 8.78 Å². The van der Waals surface area contributed by atoms with E-state index in [1.807, 2.05) is 0 Å². The van der Waals surface area contributed by atoms with E-state index in [1.165, 1.54) is 0 Å². The Morgan fingerprint density at radius 1 is 1.54 bits per heavy atom. The maximum Gasteiger partial charge on any atom is 0.262 e. The molecule has 1 saturated heterocycles. The Labute approximate surface area is 73.3 Å². The number of halogens is 2. The van der Waals surface area contributed by atoms with Crippen molar-refractivity contribution in [2.24, 2.45) is 0 Å². The first-order valence-corrected chi connectivity index (χ1v) is 3.98. The zero-order valence-electron chi connectivity index (χ0n) is 7.05. The maximum absolute atomic E-state index is 12.7. The fourth-order valence-electron chi connectivity index (χ4n) is 1.34. The summed E-state index contributed by atoms with van der Waals surface area (Å²) < 4.78 is 30.5. The van der Waals surface area contributed by atoms with Crippen LogP contribution in [-0.2, 0) is 0 Å². The van der Waals surface area contributed by atoms with E-state index >= 15 is 0 Å². The third-order valence-electron chi connectivity index (χ3n) is 1.95. The van der Waals surface area contributed by atoms with E-state index in [1.54, 1.807) is 6.92 Å². The summed E-state index contributed by atoms with van der Waals surface area (Å²) in [5.41, 5.74) is 0. The van der Waals surface area contributed by atoms with Crippen molar-refractivity contribution in [2.45, 2.75) is 25.3 Å². The predicted molar refractivity (Wildman–Crippen MR) is 39.3 cm³/mol. The van der Waals surface area contributed by atoms with Crippen LogP contribution in [0.25, 0.3) is 0 Å². The highest BCUT2D eigenvalue weighted by Crippen LogP contribution is 2.32. The predicted octanol–water partition coefficient (Wildman–Crippen LogP) is 1.05.